The highest BCUT2D eigenvalue weighted by Gasteiger charge is 2.22. The van der Waals surface area contributed by atoms with Gasteiger partial charge in [0.25, 0.3) is 0 Å². The highest BCUT2D eigenvalue weighted by molar-refractivity contribution is 7.92. The van der Waals surface area contributed by atoms with Crippen molar-refractivity contribution in [3.8, 4) is 0 Å². The van der Waals surface area contributed by atoms with Gasteiger partial charge in [0.1, 0.15) is 0 Å². The van der Waals surface area contributed by atoms with Gasteiger partial charge in [-0.15, -0.1) is 0 Å². The molecule has 1 aliphatic heterocycles. The maximum atomic E-state index is 12.3. The Hall–Kier alpha value is -1.31. The summed E-state index contributed by atoms with van der Waals surface area (Å²) in [5, 5.41) is 0.527. The number of hydrogen-bond acceptors (Lipinski definition) is 4. The number of benzene rings is 1. The summed E-state index contributed by atoms with van der Waals surface area (Å²) >= 11 is 6.12. The Kier molecular flexibility index (Phi) is 6.71. The zero-order valence-electron chi connectivity index (χ0n) is 15.0. The quantitative estimate of drug-likeness (QED) is 0.748. The fourth-order valence-electron chi connectivity index (χ4n) is 2.92. The molecular formula is C17H26ClN3O3S. The lowest BCUT2D eigenvalue weighted by Crippen LogP contribution is -2.47. The highest BCUT2D eigenvalue weighted by Crippen LogP contribution is 2.28. The summed E-state index contributed by atoms with van der Waals surface area (Å²) in [5.74, 6) is 0.0874. The fraction of sp³-hybridized carbons (Fsp3) is 0.588. The monoisotopic (exact) mass is 387 g/mol. The average Bonchev–Trinajstić information content (AvgIpc) is 2.54. The molecule has 1 amide bonds. The number of carbonyl (C=O) groups excluding carboxylic acids is 1. The SMILES string of the molecule is Cc1c(Cl)cccc1N(CCCC(=O)N1CCN(C)CC1)S(C)(=O)=O. The minimum absolute atomic E-state index is 0.0874. The highest BCUT2D eigenvalue weighted by atomic mass is 35.5. The van der Waals surface area contributed by atoms with E-state index in [2.05, 4.69) is 4.90 Å². The number of amides is 1. The lowest BCUT2D eigenvalue weighted by molar-refractivity contribution is -0.132. The summed E-state index contributed by atoms with van der Waals surface area (Å²) < 4.78 is 25.7. The number of rotatable bonds is 6. The van der Waals surface area contributed by atoms with Crippen LogP contribution in [-0.4, -0.2) is 70.2 Å². The molecule has 0 saturated carbocycles. The van der Waals surface area contributed by atoms with E-state index in [-0.39, 0.29) is 12.5 Å². The second-order valence-electron chi connectivity index (χ2n) is 6.51. The zero-order valence-corrected chi connectivity index (χ0v) is 16.6. The maximum absolute atomic E-state index is 12.3. The van der Waals surface area contributed by atoms with E-state index in [1.165, 1.54) is 10.6 Å². The van der Waals surface area contributed by atoms with Crippen LogP contribution in [0.15, 0.2) is 18.2 Å². The Bertz CT molecular complexity index is 716. The molecule has 2 rings (SSSR count). The van der Waals surface area contributed by atoms with E-state index in [9.17, 15) is 13.2 Å². The lowest BCUT2D eigenvalue weighted by Gasteiger charge is -2.32. The van der Waals surface area contributed by atoms with Gasteiger partial charge in [-0.05, 0) is 38.1 Å². The number of likely N-dealkylation sites (N-methyl/N-ethyl adjacent to an activating group) is 1. The van der Waals surface area contributed by atoms with Crippen molar-refractivity contribution in [3.05, 3.63) is 28.8 Å². The fourth-order valence-corrected chi connectivity index (χ4v) is 4.10. The normalized spacial score (nSPS) is 16.1. The van der Waals surface area contributed by atoms with Gasteiger partial charge >= 0.3 is 0 Å². The first-order valence-corrected chi connectivity index (χ1v) is 10.6. The van der Waals surface area contributed by atoms with Crippen LogP contribution in [0.5, 0.6) is 0 Å². The molecule has 8 heteroatoms. The first-order valence-electron chi connectivity index (χ1n) is 8.39. The average molecular weight is 388 g/mol. The molecule has 0 bridgehead atoms. The molecule has 0 unspecified atom stereocenters. The van der Waals surface area contributed by atoms with Crippen molar-refractivity contribution < 1.29 is 13.2 Å². The van der Waals surface area contributed by atoms with E-state index in [4.69, 9.17) is 11.6 Å². The van der Waals surface area contributed by atoms with Crippen molar-refractivity contribution in [2.75, 3.05) is 50.3 Å². The molecule has 25 heavy (non-hydrogen) atoms. The van der Waals surface area contributed by atoms with Crippen molar-refractivity contribution in [3.63, 3.8) is 0 Å². The summed E-state index contributed by atoms with van der Waals surface area (Å²) in [5.41, 5.74) is 1.29. The van der Waals surface area contributed by atoms with Gasteiger partial charge in [-0.2, -0.15) is 0 Å². The first-order chi connectivity index (χ1) is 11.7. The molecule has 6 nitrogen and oxygen atoms in total. The lowest BCUT2D eigenvalue weighted by atomic mass is 10.2. The van der Waals surface area contributed by atoms with E-state index in [0.717, 1.165) is 31.7 Å². The molecule has 0 spiro atoms. The third-order valence-corrected chi connectivity index (χ3v) is 6.11. The largest absolute Gasteiger partial charge is 0.340 e. The molecule has 1 saturated heterocycles. The van der Waals surface area contributed by atoms with E-state index in [0.29, 0.717) is 23.6 Å². The van der Waals surface area contributed by atoms with Crippen LogP contribution in [0.4, 0.5) is 5.69 Å². The molecular weight excluding hydrogens is 362 g/mol. The number of sulfonamides is 1. The van der Waals surface area contributed by atoms with Crippen LogP contribution in [0.1, 0.15) is 18.4 Å². The molecule has 0 aromatic heterocycles. The van der Waals surface area contributed by atoms with Crippen molar-refractivity contribution in [2.24, 2.45) is 0 Å². The summed E-state index contributed by atoms with van der Waals surface area (Å²) in [6.45, 7) is 5.29. The van der Waals surface area contributed by atoms with Crippen LogP contribution in [0.25, 0.3) is 0 Å². The van der Waals surface area contributed by atoms with Crippen LogP contribution < -0.4 is 4.31 Å². The summed E-state index contributed by atoms with van der Waals surface area (Å²) in [6, 6.07) is 5.21. The smallest absolute Gasteiger partial charge is 0.232 e. The van der Waals surface area contributed by atoms with Gasteiger partial charge < -0.3 is 9.80 Å². The van der Waals surface area contributed by atoms with E-state index < -0.39 is 10.0 Å². The Labute approximate surface area is 155 Å². The number of hydrogen-bond donors (Lipinski definition) is 0. The van der Waals surface area contributed by atoms with Gasteiger partial charge in [-0.25, -0.2) is 8.42 Å². The molecule has 0 atom stereocenters. The Balaban J connectivity index is 2.00. The minimum atomic E-state index is -3.44. The van der Waals surface area contributed by atoms with Crippen molar-refractivity contribution in [1.29, 1.82) is 0 Å². The molecule has 1 aliphatic rings. The Morgan fingerprint density at radius 1 is 1.24 bits per heavy atom. The maximum Gasteiger partial charge on any atom is 0.232 e. The second kappa shape index (κ2) is 8.38. The third kappa shape index (κ3) is 5.33. The second-order valence-corrected chi connectivity index (χ2v) is 8.82. The number of piperazine rings is 1. The van der Waals surface area contributed by atoms with Crippen molar-refractivity contribution in [2.45, 2.75) is 19.8 Å². The number of halogens is 1. The number of carbonyl (C=O) groups is 1. The van der Waals surface area contributed by atoms with Crippen LogP contribution >= 0.6 is 11.6 Å². The molecule has 0 N–H and O–H groups in total. The Morgan fingerprint density at radius 3 is 2.48 bits per heavy atom. The van der Waals surface area contributed by atoms with Crippen molar-refractivity contribution >= 4 is 33.2 Å². The predicted molar refractivity (Wildman–Crippen MR) is 102 cm³/mol. The standard InChI is InChI=1S/C17H26ClN3O3S/c1-14-15(18)6-4-7-16(14)21(25(3,23)24)9-5-8-17(22)20-12-10-19(2)11-13-20/h4,6-7H,5,8-13H2,1-3H3. The van der Waals surface area contributed by atoms with Crippen molar-refractivity contribution in [1.82, 2.24) is 9.80 Å². The molecule has 0 radical (unpaired) electrons. The van der Waals surface area contributed by atoms with Crippen LogP contribution in [0.2, 0.25) is 5.02 Å². The van der Waals surface area contributed by atoms with Gasteiger partial charge in [0.2, 0.25) is 15.9 Å². The topological polar surface area (TPSA) is 60.9 Å². The van der Waals surface area contributed by atoms with Gasteiger partial charge in [-0.3, -0.25) is 9.10 Å². The molecule has 1 heterocycles. The summed E-state index contributed by atoms with van der Waals surface area (Å²) in [7, 11) is -1.40. The van der Waals surface area contributed by atoms with E-state index in [1.807, 2.05) is 11.9 Å². The van der Waals surface area contributed by atoms with Gasteiger partial charge in [0, 0.05) is 44.2 Å². The van der Waals surface area contributed by atoms with E-state index >= 15 is 0 Å². The van der Waals surface area contributed by atoms with Gasteiger partial charge in [-0.1, -0.05) is 17.7 Å². The first kappa shape index (κ1) is 20.0. The minimum Gasteiger partial charge on any atom is -0.340 e. The third-order valence-electron chi connectivity index (χ3n) is 4.52. The molecule has 0 aliphatic carbocycles. The number of nitrogens with zero attached hydrogens (tertiary/aromatic N) is 3. The molecule has 140 valence electrons. The van der Waals surface area contributed by atoms with Crippen LogP contribution in [0, 0.1) is 6.92 Å². The van der Waals surface area contributed by atoms with E-state index in [1.54, 1.807) is 25.1 Å². The molecule has 1 fully saturated rings. The molecule has 1 aromatic rings. The summed E-state index contributed by atoms with van der Waals surface area (Å²) in [4.78, 5) is 16.4. The molecule has 1 aromatic carbocycles. The number of anilines is 1. The van der Waals surface area contributed by atoms with Gasteiger partial charge in [0.15, 0.2) is 0 Å². The predicted octanol–water partition coefficient (Wildman–Crippen LogP) is 1.97. The van der Waals surface area contributed by atoms with Gasteiger partial charge in [0.05, 0.1) is 11.9 Å². The summed E-state index contributed by atoms with van der Waals surface area (Å²) in [6.07, 6.45) is 2.00. The van der Waals surface area contributed by atoms with Crippen LogP contribution in [0.3, 0.4) is 0 Å². The Morgan fingerprint density at radius 2 is 1.88 bits per heavy atom. The van der Waals surface area contributed by atoms with Crippen LogP contribution in [-0.2, 0) is 14.8 Å². The zero-order chi connectivity index (χ0) is 18.6.